The van der Waals surface area contributed by atoms with Crippen LogP contribution in [-0.4, -0.2) is 26.2 Å². The second-order valence-corrected chi connectivity index (χ2v) is 8.52. The van der Waals surface area contributed by atoms with Crippen LogP contribution in [0.3, 0.4) is 0 Å². The molecule has 2 aromatic carbocycles. The first-order valence-corrected chi connectivity index (χ1v) is 10.6. The quantitative estimate of drug-likeness (QED) is 0.271. The van der Waals surface area contributed by atoms with Crippen LogP contribution in [-0.2, 0) is 4.79 Å². The van der Waals surface area contributed by atoms with E-state index in [0.29, 0.717) is 25.1 Å². The van der Waals surface area contributed by atoms with Crippen LogP contribution in [0.4, 0.5) is 10.1 Å². The predicted octanol–water partition coefficient (Wildman–Crippen LogP) is 4.37. The average molecular weight is 445 g/mol. The maximum absolute atomic E-state index is 13.2. The van der Waals surface area contributed by atoms with Crippen molar-refractivity contribution in [3.63, 3.8) is 0 Å². The van der Waals surface area contributed by atoms with E-state index in [-0.39, 0.29) is 17.2 Å². The normalized spacial score (nSPS) is 10.9. The highest BCUT2D eigenvalue weighted by Crippen LogP contribution is 2.24. The lowest BCUT2D eigenvalue weighted by molar-refractivity contribution is -0.113. The van der Waals surface area contributed by atoms with E-state index in [0.717, 1.165) is 17.4 Å². The smallest absolute Gasteiger partial charge is 0.271 e. The molecular formula is C19H13FN4O2S3. The minimum Gasteiger partial charge on any atom is -0.325 e. The minimum atomic E-state index is -0.436. The number of thiazole rings is 1. The highest BCUT2D eigenvalue weighted by atomic mass is 32.2. The molecule has 0 spiro atoms. The first kappa shape index (κ1) is 19.5. The molecule has 2 aromatic heterocycles. The Morgan fingerprint density at radius 1 is 1.24 bits per heavy atom. The van der Waals surface area contributed by atoms with E-state index in [9.17, 15) is 14.0 Å². The second-order valence-electron chi connectivity index (χ2n) is 5.91. The third kappa shape index (κ3) is 4.29. The van der Waals surface area contributed by atoms with Gasteiger partial charge >= 0.3 is 0 Å². The van der Waals surface area contributed by atoms with Gasteiger partial charge < -0.3 is 10.3 Å². The molecule has 0 unspecified atom stereocenters. The molecule has 2 N–H and O–H groups in total. The van der Waals surface area contributed by atoms with E-state index in [1.54, 1.807) is 10.6 Å². The molecule has 1 amide bonds. The summed E-state index contributed by atoms with van der Waals surface area (Å²) in [5.41, 5.74) is 1.31. The van der Waals surface area contributed by atoms with Crippen LogP contribution in [0, 0.1) is 9.77 Å². The molecule has 0 saturated heterocycles. The average Bonchev–Trinajstić information content (AvgIpc) is 3.03. The molecule has 0 aliphatic carbocycles. The molecule has 2 heterocycles. The van der Waals surface area contributed by atoms with Gasteiger partial charge in [0.05, 0.1) is 5.75 Å². The van der Waals surface area contributed by atoms with Gasteiger partial charge in [0.1, 0.15) is 10.5 Å². The molecule has 0 aliphatic heterocycles. The second kappa shape index (κ2) is 8.27. The number of carbonyl (C=O) groups excluding carboxylic acids is 1. The maximum Gasteiger partial charge on any atom is 0.271 e. The monoisotopic (exact) mass is 444 g/mol. The summed E-state index contributed by atoms with van der Waals surface area (Å²) in [5.74, 6) is -0.774. The molecule has 0 saturated carbocycles. The number of nitrogens with zero attached hydrogens (tertiary/aromatic N) is 2. The number of hydrogen-bond donors (Lipinski definition) is 2. The number of anilines is 1. The zero-order valence-corrected chi connectivity index (χ0v) is 17.2. The van der Waals surface area contributed by atoms with Gasteiger partial charge in [-0.3, -0.25) is 14.2 Å². The molecule has 6 nitrogen and oxygen atoms in total. The van der Waals surface area contributed by atoms with Crippen LogP contribution in [0.1, 0.15) is 0 Å². The largest absolute Gasteiger partial charge is 0.325 e. The summed E-state index contributed by atoms with van der Waals surface area (Å²) < 4.78 is 15.9. The molecule has 4 rings (SSSR count). The van der Waals surface area contributed by atoms with Crippen LogP contribution in [0.2, 0.25) is 0 Å². The maximum atomic E-state index is 13.2. The van der Waals surface area contributed by atoms with Crippen LogP contribution in [0.25, 0.3) is 16.0 Å². The summed E-state index contributed by atoms with van der Waals surface area (Å²) in [6.07, 6.45) is 0. The Morgan fingerprint density at radius 3 is 2.79 bits per heavy atom. The van der Waals surface area contributed by atoms with Crippen molar-refractivity contribution in [1.29, 1.82) is 0 Å². The number of fused-ring (bicyclic) bond motifs is 1. The van der Waals surface area contributed by atoms with E-state index < -0.39 is 5.82 Å². The fourth-order valence-electron chi connectivity index (χ4n) is 2.66. The van der Waals surface area contributed by atoms with E-state index >= 15 is 0 Å². The van der Waals surface area contributed by atoms with E-state index in [4.69, 9.17) is 12.2 Å². The summed E-state index contributed by atoms with van der Waals surface area (Å²) in [6, 6.07) is 15.0. The number of aromatic amines is 1. The number of halogens is 1. The standard InChI is InChI=1S/C19H13FN4O2S3/c20-11-5-4-6-12(9-11)21-14(25)10-28-18-22-16-15(17(26)23-18)29-19(27)24(16)13-7-2-1-3-8-13/h1-9H,10H2,(H,21,25)(H,22,23,26). The zero-order chi connectivity index (χ0) is 20.4. The lowest BCUT2D eigenvalue weighted by atomic mass is 10.3. The van der Waals surface area contributed by atoms with E-state index in [1.165, 1.54) is 29.5 Å². The molecule has 146 valence electrons. The molecule has 0 radical (unpaired) electrons. The Bertz CT molecular complexity index is 1310. The number of nitrogens with one attached hydrogen (secondary N) is 2. The van der Waals surface area contributed by atoms with Crippen molar-refractivity contribution in [2.45, 2.75) is 5.16 Å². The molecule has 0 aliphatic rings. The van der Waals surface area contributed by atoms with Gasteiger partial charge in [0.25, 0.3) is 5.56 Å². The number of hydrogen-bond acceptors (Lipinski definition) is 6. The topological polar surface area (TPSA) is 79.8 Å². The van der Waals surface area contributed by atoms with Crippen molar-refractivity contribution >= 4 is 57.3 Å². The number of aromatic nitrogens is 3. The number of benzene rings is 2. The zero-order valence-electron chi connectivity index (χ0n) is 14.7. The van der Waals surface area contributed by atoms with E-state index in [2.05, 4.69) is 15.3 Å². The predicted molar refractivity (Wildman–Crippen MR) is 116 cm³/mol. The number of amides is 1. The fraction of sp³-hybridized carbons (Fsp3) is 0.0526. The Labute approximate surface area is 177 Å². The van der Waals surface area contributed by atoms with Gasteiger partial charge in [-0.2, -0.15) is 0 Å². The summed E-state index contributed by atoms with van der Waals surface area (Å²) in [6.45, 7) is 0. The number of thioether (sulfide) groups is 1. The van der Waals surface area contributed by atoms with Crippen LogP contribution < -0.4 is 10.9 Å². The molecule has 0 atom stereocenters. The molecule has 4 aromatic rings. The third-order valence-corrected chi connectivity index (χ3v) is 6.12. The molecule has 0 fully saturated rings. The number of rotatable bonds is 5. The fourth-order valence-corrected chi connectivity index (χ4v) is 4.59. The summed E-state index contributed by atoms with van der Waals surface area (Å²) >= 11 is 7.68. The van der Waals surface area contributed by atoms with Gasteiger partial charge in [0.15, 0.2) is 14.8 Å². The van der Waals surface area contributed by atoms with Crippen molar-refractivity contribution in [1.82, 2.24) is 14.5 Å². The van der Waals surface area contributed by atoms with E-state index in [1.807, 2.05) is 30.3 Å². The third-order valence-electron chi connectivity index (χ3n) is 3.88. The summed E-state index contributed by atoms with van der Waals surface area (Å²) in [4.78, 5) is 31.8. The van der Waals surface area contributed by atoms with Gasteiger partial charge in [-0.1, -0.05) is 47.4 Å². The van der Waals surface area contributed by atoms with Crippen molar-refractivity contribution in [3.8, 4) is 5.69 Å². The van der Waals surface area contributed by atoms with Crippen LogP contribution >= 0.6 is 35.3 Å². The minimum absolute atomic E-state index is 0.00116. The lowest BCUT2D eigenvalue weighted by Crippen LogP contribution is -2.15. The summed E-state index contributed by atoms with van der Waals surface area (Å²) in [7, 11) is 0. The van der Waals surface area contributed by atoms with Crippen molar-refractivity contribution in [3.05, 3.63) is 74.7 Å². The van der Waals surface area contributed by atoms with Gasteiger partial charge in [-0.25, -0.2) is 9.37 Å². The summed E-state index contributed by atoms with van der Waals surface area (Å²) in [5, 5.41) is 2.91. The Kier molecular flexibility index (Phi) is 5.56. The Balaban J connectivity index is 1.59. The van der Waals surface area contributed by atoms with Gasteiger partial charge in [-0.05, 0) is 42.5 Å². The van der Waals surface area contributed by atoms with Crippen LogP contribution in [0.15, 0.2) is 64.5 Å². The first-order valence-electron chi connectivity index (χ1n) is 8.41. The molecular weight excluding hydrogens is 431 g/mol. The highest BCUT2D eigenvalue weighted by Gasteiger charge is 2.14. The van der Waals surface area contributed by atoms with Crippen LogP contribution in [0.5, 0.6) is 0 Å². The lowest BCUT2D eigenvalue weighted by Gasteiger charge is -2.06. The number of para-hydroxylation sites is 1. The number of carbonyl (C=O) groups is 1. The van der Waals surface area contributed by atoms with Crippen molar-refractivity contribution in [2.24, 2.45) is 0 Å². The van der Waals surface area contributed by atoms with Gasteiger partial charge in [0.2, 0.25) is 5.91 Å². The van der Waals surface area contributed by atoms with Gasteiger partial charge in [0, 0.05) is 11.4 Å². The Morgan fingerprint density at radius 2 is 2.03 bits per heavy atom. The van der Waals surface area contributed by atoms with Crippen molar-refractivity contribution in [2.75, 3.05) is 11.1 Å². The Hall–Kier alpha value is -2.82. The molecule has 29 heavy (non-hydrogen) atoms. The number of H-pyrrole nitrogens is 1. The molecule has 10 heteroatoms. The first-order chi connectivity index (χ1) is 14.0. The van der Waals surface area contributed by atoms with Crippen molar-refractivity contribution < 1.29 is 9.18 Å². The SMILES string of the molecule is O=C(CSc1nc2c(sc(=S)n2-c2ccccc2)c(=O)[nH]1)Nc1cccc(F)c1. The highest BCUT2D eigenvalue weighted by molar-refractivity contribution is 7.99. The molecule has 0 bridgehead atoms. The van der Waals surface area contributed by atoms with Gasteiger partial charge in [-0.15, -0.1) is 0 Å².